The fourth-order valence-corrected chi connectivity index (χ4v) is 5.35. The number of rotatable bonds is 10. The van der Waals surface area contributed by atoms with Crippen molar-refractivity contribution in [2.45, 2.75) is 52.4 Å². The molecule has 1 saturated carbocycles. The van der Waals surface area contributed by atoms with Crippen molar-refractivity contribution < 1.29 is 28.5 Å². The molecule has 186 valence electrons. The van der Waals surface area contributed by atoms with E-state index in [0.717, 1.165) is 40.7 Å². The molecule has 3 unspecified atom stereocenters. The topological polar surface area (TPSA) is 71.1 Å². The van der Waals surface area contributed by atoms with Gasteiger partial charge in [0, 0.05) is 33.0 Å². The van der Waals surface area contributed by atoms with Crippen molar-refractivity contribution in [3.8, 4) is 11.5 Å². The third-order valence-electron chi connectivity index (χ3n) is 6.93. The molecule has 6 heteroatoms. The van der Waals surface area contributed by atoms with Crippen molar-refractivity contribution in [2.75, 3.05) is 26.4 Å². The SMILES string of the molecule is C=C(C)C(=O)OCCOc1c2c(c(OCCOC(=O)C(=C)C)c3ccc(C)cc13)C1CC2CC1C. The normalized spacial score (nSPS) is 19.8. The Morgan fingerprint density at radius 1 is 0.857 bits per heavy atom. The van der Waals surface area contributed by atoms with E-state index in [-0.39, 0.29) is 26.4 Å². The van der Waals surface area contributed by atoms with Gasteiger partial charge in [-0.3, -0.25) is 0 Å². The zero-order valence-corrected chi connectivity index (χ0v) is 21.1. The first-order chi connectivity index (χ1) is 16.7. The van der Waals surface area contributed by atoms with Gasteiger partial charge in [-0.05, 0) is 57.4 Å². The number of carbonyl (C=O) groups excluding carboxylic acids is 2. The van der Waals surface area contributed by atoms with E-state index < -0.39 is 11.9 Å². The Labute approximate surface area is 206 Å². The van der Waals surface area contributed by atoms with Crippen LogP contribution in [0.5, 0.6) is 11.5 Å². The third kappa shape index (κ3) is 4.93. The molecule has 0 heterocycles. The lowest BCUT2D eigenvalue weighted by atomic mass is 9.81. The van der Waals surface area contributed by atoms with Gasteiger partial charge in [-0.25, -0.2) is 9.59 Å². The Balaban J connectivity index is 1.67. The molecular formula is C29H34O6. The van der Waals surface area contributed by atoms with Crippen LogP contribution in [-0.2, 0) is 19.1 Å². The van der Waals surface area contributed by atoms with Gasteiger partial charge in [-0.1, -0.05) is 37.8 Å². The van der Waals surface area contributed by atoms with Crippen LogP contribution in [0.25, 0.3) is 10.8 Å². The number of hydrogen-bond donors (Lipinski definition) is 0. The molecular weight excluding hydrogens is 444 g/mol. The highest BCUT2D eigenvalue weighted by atomic mass is 16.6. The molecule has 0 N–H and O–H groups in total. The molecule has 0 radical (unpaired) electrons. The molecule has 0 aromatic heterocycles. The second-order valence-electron chi connectivity index (χ2n) is 9.82. The van der Waals surface area contributed by atoms with Gasteiger partial charge in [-0.2, -0.15) is 0 Å². The van der Waals surface area contributed by atoms with Crippen LogP contribution in [0.2, 0.25) is 0 Å². The predicted molar refractivity (Wildman–Crippen MR) is 135 cm³/mol. The molecule has 0 saturated heterocycles. The smallest absolute Gasteiger partial charge is 0.333 e. The molecule has 0 spiro atoms. The van der Waals surface area contributed by atoms with Gasteiger partial charge in [0.05, 0.1) is 0 Å². The molecule has 35 heavy (non-hydrogen) atoms. The number of fused-ring (bicyclic) bond motifs is 6. The van der Waals surface area contributed by atoms with Crippen molar-refractivity contribution in [2.24, 2.45) is 5.92 Å². The summed E-state index contributed by atoms with van der Waals surface area (Å²) in [7, 11) is 0. The van der Waals surface area contributed by atoms with Gasteiger partial charge in [-0.15, -0.1) is 0 Å². The van der Waals surface area contributed by atoms with E-state index in [2.05, 4.69) is 45.2 Å². The van der Waals surface area contributed by atoms with Crippen LogP contribution < -0.4 is 9.47 Å². The van der Waals surface area contributed by atoms with E-state index >= 15 is 0 Å². The van der Waals surface area contributed by atoms with E-state index in [1.165, 1.54) is 11.1 Å². The highest BCUT2D eigenvalue weighted by molar-refractivity contribution is 5.97. The maximum Gasteiger partial charge on any atom is 0.333 e. The summed E-state index contributed by atoms with van der Waals surface area (Å²) >= 11 is 0. The van der Waals surface area contributed by atoms with Crippen molar-refractivity contribution >= 4 is 22.7 Å². The molecule has 1 fully saturated rings. The van der Waals surface area contributed by atoms with Gasteiger partial charge in [0.1, 0.15) is 37.9 Å². The van der Waals surface area contributed by atoms with Crippen molar-refractivity contribution in [3.05, 3.63) is 59.2 Å². The standard InChI is InChI=1S/C29H34O6/c1-16(2)28(30)34-11-9-32-26-21-8-7-18(5)13-23(21)27(33-10-12-35-29(31)17(3)4)24-20-14-19(6)22(15-20)25(24)26/h7-8,13,19-20,22H,1,3,9-12,14-15H2,2,4-6H3. The highest BCUT2D eigenvalue weighted by Crippen LogP contribution is 2.63. The van der Waals surface area contributed by atoms with Gasteiger partial charge >= 0.3 is 11.9 Å². The molecule has 0 aliphatic heterocycles. The number of carbonyl (C=O) groups is 2. The van der Waals surface area contributed by atoms with Gasteiger partial charge in [0.15, 0.2) is 0 Å². The van der Waals surface area contributed by atoms with Crippen LogP contribution in [0.4, 0.5) is 0 Å². The number of esters is 2. The monoisotopic (exact) mass is 478 g/mol. The quantitative estimate of drug-likeness (QED) is 0.246. The van der Waals surface area contributed by atoms with Crippen LogP contribution in [-0.4, -0.2) is 38.4 Å². The summed E-state index contributed by atoms with van der Waals surface area (Å²) in [6.45, 7) is 15.7. The fourth-order valence-electron chi connectivity index (χ4n) is 5.35. The Bertz CT molecular complexity index is 1190. The Kier molecular flexibility index (Phi) is 7.20. The first-order valence-electron chi connectivity index (χ1n) is 12.2. The lowest BCUT2D eigenvalue weighted by molar-refractivity contribution is -0.140. The zero-order valence-electron chi connectivity index (χ0n) is 21.1. The maximum absolute atomic E-state index is 11.8. The Hall–Kier alpha value is -3.28. The summed E-state index contributed by atoms with van der Waals surface area (Å²) in [4.78, 5) is 23.5. The van der Waals surface area contributed by atoms with Crippen LogP contribution in [0.15, 0.2) is 42.5 Å². The first-order valence-corrected chi connectivity index (χ1v) is 12.2. The Morgan fingerprint density at radius 2 is 1.43 bits per heavy atom. The van der Waals surface area contributed by atoms with Crippen LogP contribution in [0, 0.1) is 12.8 Å². The zero-order chi connectivity index (χ0) is 25.3. The second-order valence-corrected chi connectivity index (χ2v) is 9.82. The van der Waals surface area contributed by atoms with Crippen molar-refractivity contribution in [1.29, 1.82) is 0 Å². The summed E-state index contributed by atoms with van der Waals surface area (Å²) in [6, 6.07) is 6.26. The molecule has 3 atom stereocenters. The summed E-state index contributed by atoms with van der Waals surface area (Å²) in [6.07, 6.45) is 2.19. The largest absolute Gasteiger partial charge is 0.489 e. The number of ether oxygens (including phenoxy) is 4. The minimum absolute atomic E-state index is 0.157. The lowest BCUT2D eigenvalue weighted by Gasteiger charge is -2.28. The number of benzene rings is 2. The molecule has 4 rings (SSSR count). The van der Waals surface area contributed by atoms with E-state index in [1.807, 2.05) is 0 Å². The van der Waals surface area contributed by atoms with Crippen LogP contribution in [0.3, 0.4) is 0 Å². The molecule has 2 aromatic rings. The first kappa shape index (κ1) is 24.8. The predicted octanol–water partition coefficient (Wildman–Crippen LogP) is 5.76. The van der Waals surface area contributed by atoms with E-state index in [0.29, 0.717) is 28.9 Å². The van der Waals surface area contributed by atoms with E-state index in [9.17, 15) is 9.59 Å². The summed E-state index contributed by atoms with van der Waals surface area (Å²) in [5, 5.41) is 1.97. The average Bonchev–Trinajstić information content (AvgIpc) is 3.37. The van der Waals surface area contributed by atoms with Crippen LogP contribution in [0.1, 0.15) is 62.1 Å². The summed E-state index contributed by atoms with van der Waals surface area (Å²) in [5.74, 6) is 2.27. The molecule has 2 aliphatic rings. The van der Waals surface area contributed by atoms with Crippen molar-refractivity contribution in [1.82, 2.24) is 0 Å². The summed E-state index contributed by atoms with van der Waals surface area (Å²) < 4.78 is 23.2. The molecule has 2 aromatic carbocycles. The average molecular weight is 479 g/mol. The molecule has 2 aliphatic carbocycles. The van der Waals surface area contributed by atoms with E-state index in [1.54, 1.807) is 13.8 Å². The number of hydrogen-bond acceptors (Lipinski definition) is 6. The van der Waals surface area contributed by atoms with Gasteiger partial charge < -0.3 is 18.9 Å². The second kappa shape index (κ2) is 10.1. The lowest BCUT2D eigenvalue weighted by Crippen LogP contribution is -2.17. The fraction of sp³-hybridized carbons (Fsp3) is 0.448. The Morgan fingerprint density at radius 3 is 2.00 bits per heavy atom. The summed E-state index contributed by atoms with van der Waals surface area (Å²) in [5.41, 5.74) is 4.28. The van der Waals surface area contributed by atoms with Crippen LogP contribution >= 0.6 is 0 Å². The molecule has 2 bridgehead atoms. The molecule has 0 amide bonds. The highest BCUT2D eigenvalue weighted by Gasteiger charge is 2.46. The minimum Gasteiger partial charge on any atom is -0.489 e. The van der Waals surface area contributed by atoms with Gasteiger partial charge in [0.25, 0.3) is 0 Å². The minimum atomic E-state index is -0.414. The van der Waals surface area contributed by atoms with E-state index in [4.69, 9.17) is 18.9 Å². The van der Waals surface area contributed by atoms with Gasteiger partial charge in [0.2, 0.25) is 0 Å². The number of aryl methyl sites for hydroxylation is 1. The third-order valence-corrected chi connectivity index (χ3v) is 6.93. The maximum atomic E-state index is 11.8. The molecule has 6 nitrogen and oxygen atoms in total. The van der Waals surface area contributed by atoms with Crippen molar-refractivity contribution in [3.63, 3.8) is 0 Å².